The van der Waals surface area contributed by atoms with Crippen molar-refractivity contribution in [3.63, 3.8) is 0 Å². The average Bonchev–Trinajstić information content (AvgIpc) is 3.13. The molecule has 9 nitrogen and oxygen atoms in total. The van der Waals surface area contributed by atoms with Crippen LogP contribution in [-0.4, -0.2) is 35.9 Å². The van der Waals surface area contributed by atoms with Crippen LogP contribution >= 0.6 is 0 Å². The number of ketones is 1. The standard InChI is InChI=1S/C25H20N2O7/c1-33-19-13-10-16(14-20(19)34-2)22-21(23(28)15-8-11-18(12-9-15)27(31)32)24(29)25(30)26(22)17-6-4-3-5-7-17/h3-14,22,28H,1-2H3/t22-/m0/s1. The predicted octanol–water partition coefficient (Wildman–Crippen LogP) is 4.24. The molecule has 0 unspecified atom stereocenters. The number of rotatable bonds is 6. The number of para-hydroxylation sites is 1. The van der Waals surface area contributed by atoms with Crippen molar-refractivity contribution in [1.82, 2.24) is 0 Å². The summed E-state index contributed by atoms with van der Waals surface area (Å²) < 4.78 is 10.7. The van der Waals surface area contributed by atoms with Gasteiger partial charge in [-0.1, -0.05) is 24.3 Å². The zero-order valence-corrected chi connectivity index (χ0v) is 18.3. The quantitative estimate of drug-likeness (QED) is 0.192. The van der Waals surface area contributed by atoms with E-state index in [4.69, 9.17) is 9.47 Å². The lowest BCUT2D eigenvalue weighted by atomic mass is 9.94. The molecule has 0 radical (unpaired) electrons. The molecular formula is C25H20N2O7. The van der Waals surface area contributed by atoms with Gasteiger partial charge in [0.25, 0.3) is 17.4 Å². The van der Waals surface area contributed by atoms with Crippen molar-refractivity contribution < 1.29 is 29.1 Å². The fourth-order valence-corrected chi connectivity index (χ4v) is 3.92. The SMILES string of the molecule is COc1ccc([C@H]2C(=C(O)c3ccc([N+](=O)[O-])cc3)C(=O)C(=O)N2c2ccccc2)cc1OC. The average molecular weight is 460 g/mol. The first-order valence-electron chi connectivity index (χ1n) is 10.2. The fourth-order valence-electron chi connectivity index (χ4n) is 3.92. The predicted molar refractivity (Wildman–Crippen MR) is 124 cm³/mol. The van der Waals surface area contributed by atoms with Crippen LogP contribution in [0.2, 0.25) is 0 Å². The normalized spacial score (nSPS) is 17.0. The van der Waals surface area contributed by atoms with E-state index in [2.05, 4.69) is 0 Å². The van der Waals surface area contributed by atoms with E-state index in [9.17, 15) is 24.8 Å². The Bertz CT molecular complexity index is 1300. The van der Waals surface area contributed by atoms with Crippen LogP contribution < -0.4 is 14.4 Å². The van der Waals surface area contributed by atoms with Gasteiger partial charge in [0, 0.05) is 23.4 Å². The van der Waals surface area contributed by atoms with Gasteiger partial charge in [0.1, 0.15) is 5.76 Å². The monoisotopic (exact) mass is 460 g/mol. The molecule has 1 N–H and O–H groups in total. The van der Waals surface area contributed by atoms with Crippen molar-refractivity contribution in [1.29, 1.82) is 0 Å². The van der Waals surface area contributed by atoms with Gasteiger partial charge in [-0.2, -0.15) is 0 Å². The van der Waals surface area contributed by atoms with Crippen LogP contribution in [-0.2, 0) is 9.59 Å². The summed E-state index contributed by atoms with van der Waals surface area (Å²) in [5.74, 6) is -1.28. The summed E-state index contributed by atoms with van der Waals surface area (Å²) in [7, 11) is 2.95. The Hall–Kier alpha value is -4.66. The number of nitro benzene ring substituents is 1. The van der Waals surface area contributed by atoms with Crippen LogP contribution in [0.15, 0.2) is 78.4 Å². The number of anilines is 1. The highest BCUT2D eigenvalue weighted by Gasteiger charge is 2.47. The maximum absolute atomic E-state index is 13.2. The minimum absolute atomic E-state index is 0.144. The van der Waals surface area contributed by atoms with Crippen LogP contribution in [0.5, 0.6) is 11.5 Å². The Balaban J connectivity index is 1.93. The van der Waals surface area contributed by atoms with Crippen LogP contribution in [0.25, 0.3) is 5.76 Å². The third-order valence-corrected chi connectivity index (χ3v) is 5.55. The highest BCUT2D eigenvalue weighted by atomic mass is 16.6. The van der Waals surface area contributed by atoms with E-state index in [0.29, 0.717) is 22.7 Å². The Morgan fingerprint density at radius 1 is 0.941 bits per heavy atom. The molecule has 1 fully saturated rings. The summed E-state index contributed by atoms with van der Waals surface area (Å²) >= 11 is 0. The van der Waals surface area contributed by atoms with Crippen molar-refractivity contribution in [2.24, 2.45) is 0 Å². The third-order valence-electron chi connectivity index (χ3n) is 5.55. The summed E-state index contributed by atoms with van der Waals surface area (Å²) in [6, 6.07) is 17.7. The zero-order valence-electron chi connectivity index (χ0n) is 18.3. The molecule has 1 heterocycles. The van der Waals surface area contributed by atoms with Crippen LogP contribution in [0.3, 0.4) is 0 Å². The second-order valence-corrected chi connectivity index (χ2v) is 7.42. The number of aliphatic hydroxyl groups excluding tert-OH is 1. The molecule has 1 atom stereocenters. The maximum Gasteiger partial charge on any atom is 0.300 e. The Morgan fingerprint density at radius 2 is 1.59 bits per heavy atom. The highest BCUT2D eigenvalue weighted by molar-refractivity contribution is 6.51. The van der Waals surface area contributed by atoms with Crippen molar-refractivity contribution in [2.45, 2.75) is 6.04 Å². The van der Waals surface area contributed by atoms with E-state index in [1.165, 1.54) is 43.4 Å². The van der Waals surface area contributed by atoms with E-state index in [0.717, 1.165) is 0 Å². The van der Waals surface area contributed by atoms with Gasteiger partial charge in [-0.3, -0.25) is 24.6 Å². The van der Waals surface area contributed by atoms with Crippen molar-refractivity contribution >= 4 is 28.8 Å². The number of hydrogen-bond donors (Lipinski definition) is 1. The van der Waals surface area contributed by atoms with Gasteiger partial charge in [0.15, 0.2) is 11.5 Å². The molecule has 34 heavy (non-hydrogen) atoms. The topological polar surface area (TPSA) is 119 Å². The molecular weight excluding hydrogens is 440 g/mol. The first kappa shape index (κ1) is 22.5. The minimum atomic E-state index is -0.975. The number of amides is 1. The number of methoxy groups -OCH3 is 2. The molecule has 0 aromatic heterocycles. The Labute approximate surface area is 194 Å². The van der Waals surface area contributed by atoms with Gasteiger partial charge in [-0.05, 0) is 42.0 Å². The van der Waals surface area contributed by atoms with E-state index in [1.54, 1.807) is 48.5 Å². The number of aliphatic hydroxyl groups is 1. The Morgan fingerprint density at radius 3 is 2.18 bits per heavy atom. The summed E-state index contributed by atoms with van der Waals surface area (Å²) in [5.41, 5.74) is 0.825. The molecule has 1 amide bonds. The molecule has 0 aliphatic carbocycles. The smallest absolute Gasteiger partial charge is 0.300 e. The van der Waals surface area contributed by atoms with Crippen LogP contribution in [0, 0.1) is 10.1 Å². The molecule has 172 valence electrons. The van der Waals surface area contributed by atoms with Crippen molar-refractivity contribution in [3.8, 4) is 11.5 Å². The van der Waals surface area contributed by atoms with Gasteiger partial charge in [0.05, 0.1) is 30.8 Å². The van der Waals surface area contributed by atoms with Gasteiger partial charge >= 0.3 is 0 Å². The van der Waals surface area contributed by atoms with Crippen LogP contribution in [0.4, 0.5) is 11.4 Å². The van der Waals surface area contributed by atoms with Gasteiger partial charge in [0.2, 0.25) is 0 Å². The molecule has 4 rings (SSSR count). The number of Topliss-reactive ketones (excluding diaryl/α,β-unsaturated/α-hetero) is 1. The van der Waals surface area contributed by atoms with Crippen molar-refractivity contribution in [3.05, 3.63) is 99.6 Å². The second kappa shape index (κ2) is 9.07. The molecule has 3 aromatic rings. The summed E-state index contributed by atoms with van der Waals surface area (Å²) in [4.78, 5) is 38.0. The number of carbonyl (C=O) groups is 2. The lowest BCUT2D eigenvalue weighted by Crippen LogP contribution is -2.29. The third kappa shape index (κ3) is 3.83. The number of ether oxygens (including phenoxy) is 2. The first-order valence-corrected chi connectivity index (χ1v) is 10.2. The lowest BCUT2D eigenvalue weighted by molar-refractivity contribution is -0.384. The maximum atomic E-state index is 13.2. The number of benzene rings is 3. The Kier molecular flexibility index (Phi) is 6.01. The van der Waals surface area contributed by atoms with Gasteiger partial charge in [-0.15, -0.1) is 0 Å². The second-order valence-electron chi connectivity index (χ2n) is 7.42. The van der Waals surface area contributed by atoms with E-state index in [1.807, 2.05) is 0 Å². The number of nitro groups is 1. The zero-order chi connectivity index (χ0) is 24.4. The van der Waals surface area contributed by atoms with Crippen molar-refractivity contribution in [2.75, 3.05) is 19.1 Å². The number of carbonyl (C=O) groups excluding carboxylic acids is 2. The minimum Gasteiger partial charge on any atom is -0.507 e. The molecule has 9 heteroatoms. The molecule has 3 aromatic carbocycles. The number of non-ortho nitro benzene ring substituents is 1. The number of nitrogens with zero attached hydrogens (tertiary/aromatic N) is 2. The summed E-state index contributed by atoms with van der Waals surface area (Å²) in [6.45, 7) is 0. The summed E-state index contributed by atoms with van der Waals surface area (Å²) in [6.07, 6.45) is 0. The molecule has 0 bridgehead atoms. The van der Waals surface area contributed by atoms with Gasteiger partial charge in [-0.25, -0.2) is 0 Å². The number of hydrogen-bond acceptors (Lipinski definition) is 7. The van der Waals surface area contributed by atoms with Gasteiger partial charge < -0.3 is 14.6 Å². The van der Waals surface area contributed by atoms with E-state index in [-0.39, 0.29) is 16.8 Å². The largest absolute Gasteiger partial charge is 0.507 e. The lowest BCUT2D eigenvalue weighted by Gasteiger charge is -2.26. The first-order chi connectivity index (χ1) is 16.4. The van der Waals surface area contributed by atoms with E-state index < -0.39 is 28.4 Å². The highest BCUT2D eigenvalue weighted by Crippen LogP contribution is 2.44. The van der Waals surface area contributed by atoms with Crippen LogP contribution in [0.1, 0.15) is 17.2 Å². The molecule has 0 spiro atoms. The molecule has 1 aliphatic rings. The fraction of sp³-hybridized carbons (Fsp3) is 0.120. The summed E-state index contributed by atoms with van der Waals surface area (Å²) in [5, 5.41) is 22.1. The molecule has 1 saturated heterocycles. The molecule has 0 saturated carbocycles. The van der Waals surface area contributed by atoms with E-state index >= 15 is 0 Å². The molecule has 1 aliphatic heterocycles.